The fraction of sp³-hybridized carbons (Fsp3) is 0.588. The Morgan fingerprint density at radius 1 is 1.25 bits per heavy atom. The van der Waals surface area contributed by atoms with E-state index < -0.39 is 0 Å². The number of aryl methyl sites for hydroxylation is 1. The number of carbonyl (C=O) groups excluding carboxylic acids is 1. The molecule has 1 aromatic carbocycles. The summed E-state index contributed by atoms with van der Waals surface area (Å²) in [7, 11) is 0. The standard InChI is InChI=1S/C17H27NOS/c1-4-5-13-20-15(3)17(19)18-14(2)11-12-16-9-7-6-8-10-16/h6-10,14-15H,4-5,11-13H2,1-3H3,(H,18,19)/t14-,15+/m0/s1. The molecule has 20 heavy (non-hydrogen) atoms. The zero-order valence-electron chi connectivity index (χ0n) is 12.9. The van der Waals surface area contributed by atoms with Crippen molar-refractivity contribution in [2.45, 2.75) is 57.7 Å². The number of benzene rings is 1. The summed E-state index contributed by atoms with van der Waals surface area (Å²) in [5.41, 5.74) is 1.33. The molecule has 1 aromatic rings. The summed E-state index contributed by atoms with van der Waals surface area (Å²) in [5.74, 6) is 1.25. The van der Waals surface area contributed by atoms with E-state index in [-0.39, 0.29) is 17.2 Å². The van der Waals surface area contributed by atoms with Crippen LogP contribution in [0.4, 0.5) is 0 Å². The molecule has 0 radical (unpaired) electrons. The van der Waals surface area contributed by atoms with Crippen LogP contribution < -0.4 is 5.32 Å². The maximum Gasteiger partial charge on any atom is 0.233 e. The van der Waals surface area contributed by atoms with Crippen LogP contribution in [0, 0.1) is 0 Å². The normalized spacial score (nSPS) is 13.8. The molecule has 0 aliphatic carbocycles. The molecule has 0 aromatic heterocycles. The van der Waals surface area contributed by atoms with E-state index in [0.717, 1.165) is 18.6 Å². The Kier molecular flexibility index (Phi) is 8.43. The topological polar surface area (TPSA) is 29.1 Å². The fourth-order valence-electron chi connectivity index (χ4n) is 1.94. The van der Waals surface area contributed by atoms with Gasteiger partial charge in [0, 0.05) is 6.04 Å². The maximum absolute atomic E-state index is 12.0. The molecule has 0 bridgehead atoms. The van der Waals surface area contributed by atoms with Crippen molar-refractivity contribution in [3.05, 3.63) is 35.9 Å². The minimum atomic E-state index is 0.0562. The number of hydrogen-bond acceptors (Lipinski definition) is 2. The Morgan fingerprint density at radius 2 is 1.95 bits per heavy atom. The third kappa shape index (κ3) is 6.99. The first-order valence-electron chi connectivity index (χ1n) is 7.59. The van der Waals surface area contributed by atoms with Gasteiger partial charge in [-0.05, 0) is 44.4 Å². The number of unbranched alkanes of at least 4 members (excludes halogenated alkanes) is 1. The molecule has 1 N–H and O–H groups in total. The average Bonchev–Trinajstić information content (AvgIpc) is 2.46. The summed E-state index contributed by atoms with van der Waals surface area (Å²) < 4.78 is 0. The van der Waals surface area contributed by atoms with E-state index in [1.165, 1.54) is 18.4 Å². The van der Waals surface area contributed by atoms with Gasteiger partial charge in [0.15, 0.2) is 0 Å². The summed E-state index contributed by atoms with van der Waals surface area (Å²) in [6.07, 6.45) is 4.38. The monoisotopic (exact) mass is 293 g/mol. The largest absolute Gasteiger partial charge is 0.353 e. The fourth-order valence-corrected chi connectivity index (χ4v) is 2.97. The van der Waals surface area contributed by atoms with Crippen LogP contribution in [0.1, 0.15) is 45.6 Å². The molecule has 1 rings (SSSR count). The molecular formula is C17H27NOS. The van der Waals surface area contributed by atoms with Crippen molar-refractivity contribution in [2.24, 2.45) is 0 Å². The molecule has 1 amide bonds. The minimum Gasteiger partial charge on any atom is -0.353 e. The molecule has 0 aliphatic rings. The molecular weight excluding hydrogens is 266 g/mol. The number of nitrogens with one attached hydrogen (secondary N) is 1. The third-order valence-electron chi connectivity index (χ3n) is 3.33. The zero-order valence-corrected chi connectivity index (χ0v) is 13.7. The highest BCUT2D eigenvalue weighted by Gasteiger charge is 2.15. The molecule has 0 spiro atoms. The van der Waals surface area contributed by atoms with Crippen LogP contribution >= 0.6 is 11.8 Å². The van der Waals surface area contributed by atoms with Crippen LogP contribution in [0.15, 0.2) is 30.3 Å². The molecule has 0 fully saturated rings. The Labute approximate surface area is 127 Å². The van der Waals surface area contributed by atoms with E-state index in [0.29, 0.717) is 0 Å². The molecule has 3 heteroatoms. The second-order valence-corrected chi connectivity index (χ2v) is 6.75. The van der Waals surface area contributed by atoms with E-state index in [1.807, 2.05) is 13.0 Å². The van der Waals surface area contributed by atoms with Gasteiger partial charge in [0.2, 0.25) is 5.91 Å². The molecule has 0 unspecified atom stereocenters. The number of amides is 1. The summed E-state index contributed by atoms with van der Waals surface area (Å²) in [6, 6.07) is 10.7. The van der Waals surface area contributed by atoms with Gasteiger partial charge in [-0.25, -0.2) is 0 Å². The Hall–Kier alpha value is -0.960. The Bertz CT molecular complexity index is 380. The lowest BCUT2D eigenvalue weighted by molar-refractivity contribution is -0.120. The quantitative estimate of drug-likeness (QED) is 0.696. The lowest BCUT2D eigenvalue weighted by Crippen LogP contribution is -2.38. The van der Waals surface area contributed by atoms with Crippen LogP contribution in [0.2, 0.25) is 0 Å². The van der Waals surface area contributed by atoms with Gasteiger partial charge in [-0.1, -0.05) is 43.7 Å². The molecule has 0 heterocycles. The number of rotatable bonds is 9. The van der Waals surface area contributed by atoms with Crippen LogP contribution in [0.3, 0.4) is 0 Å². The maximum atomic E-state index is 12.0. The first-order valence-corrected chi connectivity index (χ1v) is 8.64. The van der Waals surface area contributed by atoms with Gasteiger partial charge >= 0.3 is 0 Å². The van der Waals surface area contributed by atoms with Crippen molar-refractivity contribution in [3.8, 4) is 0 Å². The molecule has 2 atom stereocenters. The predicted molar refractivity (Wildman–Crippen MR) is 89.2 cm³/mol. The van der Waals surface area contributed by atoms with E-state index >= 15 is 0 Å². The van der Waals surface area contributed by atoms with Gasteiger partial charge in [0.1, 0.15) is 0 Å². The molecule has 112 valence electrons. The van der Waals surface area contributed by atoms with Crippen molar-refractivity contribution in [2.75, 3.05) is 5.75 Å². The molecule has 0 aliphatic heterocycles. The first-order chi connectivity index (χ1) is 9.63. The Morgan fingerprint density at radius 3 is 2.60 bits per heavy atom. The van der Waals surface area contributed by atoms with Gasteiger partial charge in [-0.2, -0.15) is 0 Å². The Balaban J connectivity index is 2.23. The van der Waals surface area contributed by atoms with E-state index in [4.69, 9.17) is 0 Å². The highest BCUT2D eigenvalue weighted by atomic mass is 32.2. The number of thioether (sulfide) groups is 1. The third-order valence-corrected chi connectivity index (χ3v) is 4.57. The van der Waals surface area contributed by atoms with E-state index in [9.17, 15) is 4.79 Å². The van der Waals surface area contributed by atoms with Crippen LogP contribution in [0.5, 0.6) is 0 Å². The van der Waals surface area contributed by atoms with Crippen molar-refractivity contribution >= 4 is 17.7 Å². The van der Waals surface area contributed by atoms with Gasteiger partial charge in [-0.15, -0.1) is 11.8 Å². The van der Waals surface area contributed by atoms with Gasteiger partial charge < -0.3 is 5.32 Å². The van der Waals surface area contributed by atoms with Crippen molar-refractivity contribution in [1.82, 2.24) is 5.32 Å². The second-order valence-electron chi connectivity index (χ2n) is 5.30. The lowest BCUT2D eigenvalue weighted by Gasteiger charge is -2.17. The number of hydrogen-bond donors (Lipinski definition) is 1. The van der Waals surface area contributed by atoms with Crippen LogP contribution in [-0.4, -0.2) is 23.0 Å². The van der Waals surface area contributed by atoms with Gasteiger partial charge in [0.25, 0.3) is 0 Å². The molecule has 2 nitrogen and oxygen atoms in total. The highest BCUT2D eigenvalue weighted by molar-refractivity contribution is 8.00. The molecule has 0 saturated heterocycles. The van der Waals surface area contributed by atoms with E-state index in [2.05, 4.69) is 43.4 Å². The molecule has 0 saturated carbocycles. The van der Waals surface area contributed by atoms with Crippen molar-refractivity contribution < 1.29 is 4.79 Å². The van der Waals surface area contributed by atoms with Crippen molar-refractivity contribution in [3.63, 3.8) is 0 Å². The van der Waals surface area contributed by atoms with Crippen LogP contribution in [-0.2, 0) is 11.2 Å². The summed E-state index contributed by atoms with van der Waals surface area (Å²) >= 11 is 1.75. The average molecular weight is 293 g/mol. The predicted octanol–water partition coefficient (Wildman–Crippen LogP) is 4.05. The summed E-state index contributed by atoms with van der Waals surface area (Å²) in [6.45, 7) is 6.26. The van der Waals surface area contributed by atoms with E-state index in [1.54, 1.807) is 11.8 Å². The highest BCUT2D eigenvalue weighted by Crippen LogP contribution is 2.13. The second kappa shape index (κ2) is 9.87. The summed E-state index contributed by atoms with van der Waals surface area (Å²) in [5, 5.41) is 3.17. The number of carbonyl (C=O) groups is 1. The first kappa shape index (κ1) is 17.1. The smallest absolute Gasteiger partial charge is 0.233 e. The van der Waals surface area contributed by atoms with Crippen molar-refractivity contribution in [1.29, 1.82) is 0 Å². The minimum absolute atomic E-state index is 0.0562. The lowest BCUT2D eigenvalue weighted by atomic mass is 10.1. The van der Waals surface area contributed by atoms with Gasteiger partial charge in [-0.3, -0.25) is 4.79 Å². The SMILES string of the molecule is CCCCS[C@H](C)C(=O)N[C@@H](C)CCc1ccccc1. The zero-order chi connectivity index (χ0) is 14.8. The summed E-state index contributed by atoms with van der Waals surface area (Å²) in [4.78, 5) is 12.0. The van der Waals surface area contributed by atoms with Crippen LogP contribution in [0.25, 0.3) is 0 Å². The van der Waals surface area contributed by atoms with Gasteiger partial charge in [0.05, 0.1) is 5.25 Å².